The number of aliphatic carboxylic acids is 1. The summed E-state index contributed by atoms with van der Waals surface area (Å²) < 4.78 is 3.04. The minimum atomic E-state index is -0.935. The molecule has 0 saturated carbocycles. The molecule has 38 heavy (non-hydrogen) atoms. The lowest BCUT2D eigenvalue weighted by Gasteiger charge is -2.33. The van der Waals surface area contributed by atoms with Crippen molar-refractivity contribution < 1.29 is 24.6 Å². The molecule has 2 N–H and O–H groups in total. The minimum Gasteiger partial charge on any atom is -0.481 e. The van der Waals surface area contributed by atoms with E-state index in [0.717, 1.165) is 22.5 Å². The average Bonchev–Trinajstić information content (AvgIpc) is 3.65. The van der Waals surface area contributed by atoms with Crippen LogP contribution in [0.3, 0.4) is 0 Å². The highest BCUT2D eigenvalue weighted by Crippen LogP contribution is 2.11. The van der Waals surface area contributed by atoms with Crippen molar-refractivity contribution in [2.24, 2.45) is 0 Å². The number of aromatic nitrogens is 8. The maximum absolute atomic E-state index is 12.3. The first-order chi connectivity index (χ1) is 18.4. The van der Waals surface area contributed by atoms with Gasteiger partial charge in [0, 0.05) is 26.2 Å². The first kappa shape index (κ1) is 25.9. The third-order valence-corrected chi connectivity index (χ3v) is 5.71. The van der Waals surface area contributed by atoms with Gasteiger partial charge in [-0.05, 0) is 56.2 Å². The van der Waals surface area contributed by atoms with Gasteiger partial charge in [0.1, 0.15) is 12.7 Å². The second kappa shape index (κ2) is 12.2. The third kappa shape index (κ3) is 6.93. The zero-order valence-corrected chi connectivity index (χ0v) is 20.1. The van der Waals surface area contributed by atoms with E-state index >= 15 is 0 Å². The Morgan fingerprint density at radius 3 is 1.50 bits per heavy atom. The van der Waals surface area contributed by atoms with Crippen molar-refractivity contribution in [3.63, 3.8) is 0 Å². The number of nitrogens with zero attached hydrogens (tertiary/aromatic N) is 10. The van der Waals surface area contributed by atoms with Crippen LogP contribution in [0.25, 0.3) is 11.4 Å². The van der Waals surface area contributed by atoms with Crippen LogP contribution in [-0.4, -0.2) is 105 Å². The molecule has 0 aliphatic carbocycles. The van der Waals surface area contributed by atoms with Gasteiger partial charge in [-0.2, -0.15) is 0 Å². The van der Waals surface area contributed by atoms with Gasteiger partial charge in [-0.3, -0.25) is 9.59 Å². The fourth-order valence-corrected chi connectivity index (χ4v) is 3.70. The van der Waals surface area contributed by atoms with Gasteiger partial charge in [-0.25, -0.2) is 14.2 Å². The van der Waals surface area contributed by atoms with Crippen LogP contribution >= 0.6 is 0 Å². The maximum Gasteiger partial charge on any atom is 0.407 e. The number of carboxylic acid groups (broad SMARTS) is 2. The third-order valence-electron chi connectivity index (χ3n) is 5.71. The van der Waals surface area contributed by atoms with Crippen molar-refractivity contribution in [2.45, 2.75) is 12.8 Å². The molecule has 2 amide bonds. The van der Waals surface area contributed by atoms with Crippen molar-refractivity contribution in [2.75, 3.05) is 26.2 Å². The predicted molar refractivity (Wildman–Crippen MR) is 130 cm³/mol. The van der Waals surface area contributed by atoms with E-state index in [9.17, 15) is 14.4 Å². The lowest BCUT2D eigenvalue weighted by Crippen LogP contribution is -2.50. The van der Waals surface area contributed by atoms with Crippen LogP contribution in [0.4, 0.5) is 4.79 Å². The van der Waals surface area contributed by atoms with Gasteiger partial charge in [-0.1, -0.05) is 24.3 Å². The fourth-order valence-electron chi connectivity index (χ4n) is 3.70. The Bertz CT molecular complexity index is 1330. The van der Waals surface area contributed by atoms with Crippen molar-refractivity contribution in [3.8, 4) is 11.4 Å². The molecule has 4 aromatic rings. The molecule has 2 aromatic carbocycles. The quantitative estimate of drug-likeness (QED) is 0.356. The SMILES string of the molecule is O=C(O)Cc1ccc(-n2cnnn2)cc1.O=C(O)N1CCN(C(=O)Cc2ccc(-n3cnnn3)cc2)CC1. The van der Waals surface area contributed by atoms with Gasteiger partial charge in [0.15, 0.2) is 0 Å². The van der Waals surface area contributed by atoms with Crippen LogP contribution in [0.1, 0.15) is 11.1 Å². The van der Waals surface area contributed by atoms with Gasteiger partial charge in [0.25, 0.3) is 0 Å². The van der Waals surface area contributed by atoms with E-state index < -0.39 is 12.1 Å². The Balaban J connectivity index is 0.000000194. The highest BCUT2D eigenvalue weighted by molar-refractivity contribution is 5.79. The second-order valence-corrected chi connectivity index (χ2v) is 8.24. The summed E-state index contributed by atoms with van der Waals surface area (Å²) in [5.74, 6) is -0.838. The van der Waals surface area contributed by atoms with E-state index in [1.807, 2.05) is 24.3 Å². The van der Waals surface area contributed by atoms with Crippen LogP contribution in [0.2, 0.25) is 0 Å². The number of amides is 2. The summed E-state index contributed by atoms with van der Waals surface area (Å²) >= 11 is 0. The molecule has 15 nitrogen and oxygen atoms in total. The number of carbonyl (C=O) groups excluding carboxylic acids is 1. The Morgan fingerprint density at radius 1 is 0.658 bits per heavy atom. The van der Waals surface area contributed by atoms with E-state index in [1.54, 1.807) is 29.2 Å². The summed E-state index contributed by atoms with van der Waals surface area (Å²) in [4.78, 5) is 36.6. The molecule has 3 heterocycles. The molecular formula is C23H24N10O5. The number of tetrazole rings is 2. The molecule has 1 saturated heterocycles. The van der Waals surface area contributed by atoms with Gasteiger partial charge in [0.05, 0.1) is 24.2 Å². The summed E-state index contributed by atoms with van der Waals surface area (Å²) in [6, 6.07) is 14.5. The van der Waals surface area contributed by atoms with E-state index in [2.05, 4.69) is 31.1 Å². The number of hydrogen-bond acceptors (Lipinski definition) is 9. The molecule has 0 bridgehead atoms. The Hall–Kier alpha value is -5.21. The highest BCUT2D eigenvalue weighted by atomic mass is 16.4. The molecule has 0 spiro atoms. The molecule has 196 valence electrons. The molecule has 0 atom stereocenters. The summed E-state index contributed by atoms with van der Waals surface area (Å²) in [6.07, 6.45) is 2.36. The summed E-state index contributed by atoms with van der Waals surface area (Å²) in [7, 11) is 0. The first-order valence-corrected chi connectivity index (χ1v) is 11.5. The standard InChI is InChI=1S/C14H16N6O3.C9H8N4O2/c21-13(18-5-7-19(8-6-18)14(22)23)9-11-1-3-12(4-2-11)20-10-15-16-17-20;14-9(15)5-7-1-3-8(4-2-7)13-6-10-11-12-13/h1-4,10H,5-9H2,(H,22,23);1-4,6H,5H2,(H,14,15). The molecular weight excluding hydrogens is 496 g/mol. The van der Waals surface area contributed by atoms with E-state index in [4.69, 9.17) is 10.2 Å². The number of piperazine rings is 1. The van der Waals surface area contributed by atoms with Gasteiger partial charge >= 0.3 is 12.1 Å². The van der Waals surface area contributed by atoms with Crippen molar-refractivity contribution in [1.82, 2.24) is 50.2 Å². The molecule has 2 aromatic heterocycles. The maximum atomic E-state index is 12.3. The zero-order valence-electron chi connectivity index (χ0n) is 20.1. The first-order valence-electron chi connectivity index (χ1n) is 11.5. The Kier molecular flexibility index (Phi) is 8.28. The number of carboxylic acids is 1. The summed E-state index contributed by atoms with van der Waals surface area (Å²) in [5, 5.41) is 39.2. The smallest absolute Gasteiger partial charge is 0.407 e. The lowest BCUT2D eigenvalue weighted by molar-refractivity contribution is -0.136. The lowest BCUT2D eigenvalue weighted by atomic mass is 10.1. The minimum absolute atomic E-state index is 0.00483. The predicted octanol–water partition coefficient (Wildman–Crippen LogP) is 0.316. The summed E-state index contributed by atoms with van der Waals surface area (Å²) in [6.45, 7) is 1.60. The Labute approximate surface area is 215 Å². The number of benzene rings is 2. The normalized spacial score (nSPS) is 12.9. The van der Waals surface area contributed by atoms with Crippen molar-refractivity contribution in [1.29, 1.82) is 0 Å². The second-order valence-electron chi connectivity index (χ2n) is 8.24. The molecule has 1 fully saturated rings. The van der Waals surface area contributed by atoms with Crippen LogP contribution in [-0.2, 0) is 22.4 Å². The topological polar surface area (TPSA) is 185 Å². The zero-order chi connectivity index (χ0) is 26.9. The molecule has 1 aliphatic heterocycles. The van der Waals surface area contributed by atoms with E-state index in [-0.39, 0.29) is 12.3 Å². The molecule has 1 aliphatic rings. The van der Waals surface area contributed by atoms with E-state index in [0.29, 0.717) is 32.6 Å². The van der Waals surface area contributed by atoms with E-state index in [1.165, 1.54) is 26.9 Å². The van der Waals surface area contributed by atoms with Crippen molar-refractivity contribution >= 4 is 18.0 Å². The molecule has 0 radical (unpaired) electrons. The molecule has 5 rings (SSSR count). The monoisotopic (exact) mass is 520 g/mol. The fraction of sp³-hybridized carbons (Fsp3) is 0.261. The number of rotatable bonds is 6. The highest BCUT2D eigenvalue weighted by Gasteiger charge is 2.23. The largest absolute Gasteiger partial charge is 0.481 e. The summed E-state index contributed by atoms with van der Waals surface area (Å²) in [5.41, 5.74) is 3.27. The molecule has 0 unspecified atom stereocenters. The average molecular weight is 521 g/mol. The van der Waals surface area contributed by atoms with Crippen LogP contribution < -0.4 is 0 Å². The van der Waals surface area contributed by atoms with Crippen molar-refractivity contribution in [3.05, 3.63) is 72.3 Å². The van der Waals surface area contributed by atoms with Crippen LogP contribution in [0.5, 0.6) is 0 Å². The number of hydrogen-bond donors (Lipinski definition) is 2. The van der Waals surface area contributed by atoms with Crippen LogP contribution in [0, 0.1) is 0 Å². The van der Waals surface area contributed by atoms with Crippen LogP contribution in [0.15, 0.2) is 61.2 Å². The number of carbonyl (C=O) groups is 3. The molecule has 15 heteroatoms. The van der Waals surface area contributed by atoms with Gasteiger partial charge < -0.3 is 20.0 Å². The van der Waals surface area contributed by atoms with Gasteiger partial charge in [-0.15, -0.1) is 10.2 Å². The Morgan fingerprint density at radius 2 is 1.11 bits per heavy atom. The van der Waals surface area contributed by atoms with Gasteiger partial charge in [0.2, 0.25) is 5.91 Å².